The minimum absolute atomic E-state index is 0.0208. The first kappa shape index (κ1) is 14.9. The van der Waals surface area contributed by atoms with Crippen molar-refractivity contribution >= 4 is 11.6 Å². The van der Waals surface area contributed by atoms with Gasteiger partial charge in [0, 0.05) is 31.8 Å². The van der Waals surface area contributed by atoms with Crippen LogP contribution in [0.2, 0.25) is 0 Å². The lowest BCUT2D eigenvalue weighted by atomic mass is 10.3. The highest BCUT2D eigenvalue weighted by Crippen LogP contribution is 2.17. The molecule has 7 nitrogen and oxygen atoms in total. The van der Waals surface area contributed by atoms with Crippen LogP contribution in [0.4, 0.5) is 5.69 Å². The van der Waals surface area contributed by atoms with E-state index >= 15 is 0 Å². The maximum Gasteiger partial charge on any atom is 0.269 e. The van der Waals surface area contributed by atoms with E-state index in [1.807, 2.05) is 6.92 Å². The fourth-order valence-corrected chi connectivity index (χ4v) is 1.31. The molecule has 0 spiro atoms. The van der Waals surface area contributed by atoms with E-state index in [-0.39, 0.29) is 24.2 Å². The van der Waals surface area contributed by atoms with E-state index in [4.69, 9.17) is 10.5 Å². The normalized spacial score (nSPS) is 11.7. The number of non-ortho nitro benzene ring substituents is 1. The first-order valence-corrected chi connectivity index (χ1v) is 5.78. The molecule has 1 unspecified atom stereocenters. The molecule has 2 N–H and O–H groups in total. The summed E-state index contributed by atoms with van der Waals surface area (Å²) in [5, 5.41) is 10.5. The fourth-order valence-electron chi connectivity index (χ4n) is 1.31. The molecule has 0 saturated carbocycles. The van der Waals surface area contributed by atoms with Gasteiger partial charge in [-0.15, -0.1) is 0 Å². The number of hydrogen-bond acceptors (Lipinski definition) is 5. The van der Waals surface area contributed by atoms with Gasteiger partial charge in [-0.25, -0.2) is 0 Å². The van der Waals surface area contributed by atoms with Gasteiger partial charge in [-0.1, -0.05) is 0 Å². The second-order valence-electron chi connectivity index (χ2n) is 4.13. The van der Waals surface area contributed by atoms with Crippen LogP contribution in [0.5, 0.6) is 5.75 Å². The maximum absolute atomic E-state index is 11.7. The van der Waals surface area contributed by atoms with Crippen molar-refractivity contribution in [3.8, 4) is 5.75 Å². The third-order valence-corrected chi connectivity index (χ3v) is 2.81. The summed E-state index contributed by atoms with van der Waals surface area (Å²) in [5.74, 6) is 0.212. The molecule has 104 valence electrons. The molecule has 0 heterocycles. The Labute approximate surface area is 111 Å². The average Bonchev–Trinajstić information content (AvgIpc) is 2.43. The molecule has 0 bridgehead atoms. The third kappa shape index (κ3) is 4.22. The lowest BCUT2D eigenvalue weighted by Crippen LogP contribution is -2.42. The number of rotatable bonds is 6. The van der Waals surface area contributed by atoms with Crippen LogP contribution in [-0.4, -0.2) is 42.0 Å². The summed E-state index contributed by atoms with van der Waals surface area (Å²) in [6, 6.07) is 5.50. The van der Waals surface area contributed by atoms with Gasteiger partial charge >= 0.3 is 0 Å². The van der Waals surface area contributed by atoms with Crippen molar-refractivity contribution in [1.29, 1.82) is 0 Å². The smallest absolute Gasteiger partial charge is 0.269 e. The third-order valence-electron chi connectivity index (χ3n) is 2.81. The van der Waals surface area contributed by atoms with Crippen molar-refractivity contribution < 1.29 is 14.5 Å². The van der Waals surface area contributed by atoms with Crippen LogP contribution in [0, 0.1) is 10.1 Å². The fraction of sp³-hybridized carbons (Fsp3) is 0.417. The van der Waals surface area contributed by atoms with Gasteiger partial charge in [0.25, 0.3) is 11.6 Å². The number of ether oxygens (including phenoxy) is 1. The molecular weight excluding hydrogens is 250 g/mol. The van der Waals surface area contributed by atoms with Crippen molar-refractivity contribution in [2.24, 2.45) is 5.73 Å². The zero-order valence-electron chi connectivity index (χ0n) is 10.9. The van der Waals surface area contributed by atoms with E-state index < -0.39 is 4.92 Å². The molecule has 0 aliphatic carbocycles. The Kier molecular flexibility index (Phi) is 5.25. The molecule has 0 aliphatic rings. The number of nitrogens with two attached hydrogens (primary N) is 1. The molecule has 7 heteroatoms. The Morgan fingerprint density at radius 2 is 2.05 bits per heavy atom. The summed E-state index contributed by atoms with van der Waals surface area (Å²) in [5.41, 5.74) is 5.44. The van der Waals surface area contributed by atoms with E-state index in [9.17, 15) is 14.9 Å². The number of nitrogens with zero attached hydrogens (tertiary/aromatic N) is 2. The zero-order chi connectivity index (χ0) is 14.4. The molecule has 0 aromatic heterocycles. The number of carbonyl (C=O) groups is 1. The first-order chi connectivity index (χ1) is 8.95. The van der Waals surface area contributed by atoms with Gasteiger partial charge in [0.2, 0.25) is 0 Å². The second-order valence-corrected chi connectivity index (χ2v) is 4.13. The average molecular weight is 267 g/mol. The van der Waals surface area contributed by atoms with Gasteiger partial charge < -0.3 is 15.4 Å². The molecule has 0 aliphatic heterocycles. The zero-order valence-corrected chi connectivity index (χ0v) is 10.9. The Hall–Kier alpha value is -2.15. The highest BCUT2D eigenvalue weighted by molar-refractivity contribution is 5.77. The monoisotopic (exact) mass is 267 g/mol. The number of carbonyl (C=O) groups excluding carboxylic acids is 1. The van der Waals surface area contributed by atoms with Gasteiger partial charge in [0.05, 0.1) is 4.92 Å². The molecule has 0 radical (unpaired) electrons. The van der Waals surface area contributed by atoms with Crippen molar-refractivity contribution in [3.63, 3.8) is 0 Å². The van der Waals surface area contributed by atoms with Crippen LogP contribution in [0.15, 0.2) is 24.3 Å². The lowest BCUT2D eigenvalue weighted by molar-refractivity contribution is -0.384. The summed E-state index contributed by atoms with van der Waals surface area (Å²) >= 11 is 0. The van der Waals surface area contributed by atoms with Crippen molar-refractivity contribution in [1.82, 2.24) is 4.90 Å². The Bertz CT molecular complexity index is 447. The Morgan fingerprint density at radius 3 is 2.53 bits per heavy atom. The molecule has 1 aromatic rings. The quantitative estimate of drug-likeness (QED) is 0.606. The molecule has 0 saturated heterocycles. The van der Waals surface area contributed by atoms with Gasteiger partial charge in [-0.05, 0) is 19.1 Å². The van der Waals surface area contributed by atoms with Crippen molar-refractivity contribution in [3.05, 3.63) is 34.4 Å². The number of likely N-dealkylation sites (N-methyl/N-ethyl adjacent to an activating group) is 1. The lowest BCUT2D eigenvalue weighted by Gasteiger charge is -2.23. The number of benzene rings is 1. The standard InChI is InChI=1S/C12H17N3O4/c1-9(7-13)14(2)12(16)8-19-11-5-3-10(4-6-11)15(17)18/h3-6,9H,7-8,13H2,1-2H3. The summed E-state index contributed by atoms with van der Waals surface area (Å²) in [6.07, 6.45) is 0. The predicted molar refractivity (Wildman–Crippen MR) is 69.9 cm³/mol. The van der Waals surface area contributed by atoms with Gasteiger partial charge in [0.15, 0.2) is 6.61 Å². The van der Waals surface area contributed by atoms with Crippen LogP contribution in [-0.2, 0) is 4.79 Å². The van der Waals surface area contributed by atoms with E-state index in [1.165, 1.54) is 29.2 Å². The van der Waals surface area contributed by atoms with Crippen LogP contribution in [0.25, 0.3) is 0 Å². The molecule has 1 atom stereocenters. The minimum Gasteiger partial charge on any atom is -0.484 e. The first-order valence-electron chi connectivity index (χ1n) is 5.78. The summed E-state index contributed by atoms with van der Waals surface area (Å²) in [7, 11) is 1.65. The molecule has 0 fully saturated rings. The molecular formula is C12H17N3O4. The summed E-state index contributed by atoms with van der Waals surface area (Å²) in [6.45, 7) is 2.09. The SMILES string of the molecule is CC(CN)N(C)C(=O)COc1ccc([N+](=O)[O-])cc1. The summed E-state index contributed by atoms with van der Waals surface area (Å²) in [4.78, 5) is 23.2. The molecule has 1 aromatic carbocycles. The molecule has 19 heavy (non-hydrogen) atoms. The van der Waals surface area contributed by atoms with E-state index in [0.29, 0.717) is 12.3 Å². The van der Waals surface area contributed by atoms with E-state index in [2.05, 4.69) is 0 Å². The van der Waals surface area contributed by atoms with Crippen LogP contribution >= 0.6 is 0 Å². The Balaban J connectivity index is 2.52. The molecule has 1 amide bonds. The van der Waals surface area contributed by atoms with E-state index in [1.54, 1.807) is 7.05 Å². The van der Waals surface area contributed by atoms with Crippen LogP contribution in [0.1, 0.15) is 6.92 Å². The second kappa shape index (κ2) is 6.69. The molecule has 1 rings (SSSR count). The predicted octanol–water partition coefficient (Wildman–Crippen LogP) is 0.779. The van der Waals surface area contributed by atoms with E-state index in [0.717, 1.165) is 0 Å². The van der Waals surface area contributed by atoms with Crippen LogP contribution in [0.3, 0.4) is 0 Å². The van der Waals surface area contributed by atoms with Crippen molar-refractivity contribution in [2.75, 3.05) is 20.2 Å². The van der Waals surface area contributed by atoms with Crippen molar-refractivity contribution in [2.45, 2.75) is 13.0 Å². The topological polar surface area (TPSA) is 98.7 Å². The van der Waals surface area contributed by atoms with Gasteiger partial charge in [-0.3, -0.25) is 14.9 Å². The van der Waals surface area contributed by atoms with Gasteiger partial charge in [0.1, 0.15) is 5.75 Å². The maximum atomic E-state index is 11.7. The Morgan fingerprint density at radius 1 is 1.47 bits per heavy atom. The number of amides is 1. The highest BCUT2D eigenvalue weighted by atomic mass is 16.6. The van der Waals surface area contributed by atoms with Crippen LogP contribution < -0.4 is 10.5 Å². The van der Waals surface area contributed by atoms with Gasteiger partial charge in [-0.2, -0.15) is 0 Å². The highest BCUT2D eigenvalue weighted by Gasteiger charge is 2.15. The number of nitro benzene ring substituents is 1. The number of nitro groups is 1. The largest absolute Gasteiger partial charge is 0.484 e. The number of hydrogen-bond donors (Lipinski definition) is 1. The summed E-state index contributed by atoms with van der Waals surface area (Å²) < 4.78 is 5.26. The minimum atomic E-state index is -0.494.